The molecule has 1 heterocycles. The predicted octanol–water partition coefficient (Wildman–Crippen LogP) is 3.18. The lowest BCUT2D eigenvalue weighted by atomic mass is 9.98. The second-order valence-corrected chi connectivity index (χ2v) is 14.6. The van der Waals surface area contributed by atoms with Crippen molar-refractivity contribution in [2.75, 3.05) is 6.54 Å². The van der Waals surface area contributed by atoms with E-state index in [2.05, 4.69) is 13.9 Å². The van der Waals surface area contributed by atoms with Gasteiger partial charge in [0, 0.05) is 24.3 Å². The number of nitrogens with one attached hydrogen (secondary N) is 1. The minimum atomic E-state index is -4.51. The number of aldehydes is 1. The van der Waals surface area contributed by atoms with E-state index in [1.54, 1.807) is 0 Å². The molecule has 170 valence electrons. The summed E-state index contributed by atoms with van der Waals surface area (Å²) < 4.78 is 51.2. The van der Waals surface area contributed by atoms with Gasteiger partial charge in [0.1, 0.15) is 5.82 Å². The molecule has 3 N–H and O–H groups in total. The van der Waals surface area contributed by atoms with Crippen molar-refractivity contribution in [3.63, 3.8) is 0 Å². The van der Waals surface area contributed by atoms with Crippen LogP contribution in [0.15, 0.2) is 24.5 Å². The van der Waals surface area contributed by atoms with Gasteiger partial charge in [0.15, 0.2) is 14.6 Å². The number of aromatic nitrogens is 1. The molecule has 0 aliphatic carbocycles. The highest BCUT2D eigenvalue weighted by molar-refractivity contribution is 7.85. The van der Waals surface area contributed by atoms with Crippen molar-refractivity contribution in [1.29, 1.82) is 0 Å². The molecule has 1 amide bonds. The van der Waals surface area contributed by atoms with E-state index in [1.807, 2.05) is 33.9 Å². The predicted molar refractivity (Wildman–Crippen MR) is 116 cm³/mol. The zero-order chi connectivity index (χ0) is 23.6. The quantitative estimate of drug-likeness (QED) is 0.445. The van der Waals surface area contributed by atoms with E-state index in [9.17, 15) is 22.4 Å². The number of pyridine rings is 1. The topological polar surface area (TPSA) is 138 Å². The first-order valence-corrected chi connectivity index (χ1v) is 13.7. The van der Waals surface area contributed by atoms with Gasteiger partial charge in [-0.25, -0.2) is 9.18 Å². The molecule has 1 atom stereocenters. The summed E-state index contributed by atoms with van der Waals surface area (Å²) in [6.45, 7) is 9.51. The number of primary amides is 1. The number of nitrogens with zero attached hydrogens (tertiary/aromatic N) is 1. The Labute approximate surface area is 181 Å². The molecule has 12 heteroatoms. The molecule has 31 heavy (non-hydrogen) atoms. The Kier molecular flexibility index (Phi) is 7.20. The van der Waals surface area contributed by atoms with E-state index in [-0.39, 0.29) is 17.1 Å². The van der Waals surface area contributed by atoms with Crippen molar-refractivity contribution in [2.24, 2.45) is 5.73 Å². The molecule has 2 aromatic rings. The number of benzene rings is 1. The second kappa shape index (κ2) is 8.98. The van der Waals surface area contributed by atoms with Crippen LogP contribution >= 0.6 is 0 Å². The van der Waals surface area contributed by atoms with Gasteiger partial charge in [-0.2, -0.15) is 13.1 Å². The Hall–Kier alpha value is -2.41. The molecular formula is C19H26FN3O6SSi. The van der Waals surface area contributed by atoms with Crippen LogP contribution < -0.4 is 10.5 Å². The summed E-state index contributed by atoms with van der Waals surface area (Å²) in [7, 11) is -6.99. The number of amides is 1. The van der Waals surface area contributed by atoms with Crippen molar-refractivity contribution >= 4 is 41.8 Å². The second-order valence-electron chi connectivity index (χ2n) is 8.47. The minimum Gasteiger partial charge on any atom is -0.409 e. The third-order valence-electron chi connectivity index (χ3n) is 5.31. The van der Waals surface area contributed by atoms with Crippen molar-refractivity contribution in [2.45, 2.75) is 45.0 Å². The lowest BCUT2D eigenvalue weighted by Crippen LogP contribution is -2.44. The summed E-state index contributed by atoms with van der Waals surface area (Å²) in [5.41, 5.74) is 4.95. The molecule has 1 aromatic heterocycles. The van der Waals surface area contributed by atoms with E-state index in [4.69, 9.17) is 10.2 Å². The molecule has 0 saturated heterocycles. The van der Waals surface area contributed by atoms with E-state index >= 15 is 0 Å². The number of rotatable bonds is 8. The van der Waals surface area contributed by atoms with Crippen LogP contribution in [0.1, 0.15) is 42.8 Å². The van der Waals surface area contributed by atoms with Crippen LogP contribution in [0.3, 0.4) is 0 Å². The maximum atomic E-state index is 14.7. The summed E-state index contributed by atoms with van der Waals surface area (Å²) in [6, 6.07) is 2.63. The lowest BCUT2D eigenvalue weighted by Gasteiger charge is -2.39. The molecule has 2 rings (SSSR count). The van der Waals surface area contributed by atoms with Gasteiger partial charge in [0.25, 0.3) is 0 Å². The van der Waals surface area contributed by atoms with Gasteiger partial charge in [-0.15, -0.1) is 0 Å². The molecule has 1 unspecified atom stereocenters. The van der Waals surface area contributed by atoms with Crippen LogP contribution in [-0.2, 0) is 18.9 Å². The molecule has 1 aromatic carbocycles. The minimum absolute atomic E-state index is 0.134. The van der Waals surface area contributed by atoms with Crippen LogP contribution in [0.2, 0.25) is 18.1 Å². The zero-order valence-electron chi connectivity index (χ0n) is 17.9. The number of fused-ring (bicyclic) bond motifs is 1. The SMILES string of the molecule is CC(C)(C)[Si](C)(C)OC(CNS(=O)(=O)OC(N)=O)c1cc(F)c(C=O)c2ccncc12. The largest absolute Gasteiger partial charge is 0.421 e. The average molecular weight is 472 g/mol. The number of halogens is 1. The molecule has 9 nitrogen and oxygen atoms in total. The van der Waals surface area contributed by atoms with Crippen LogP contribution in [0.5, 0.6) is 0 Å². The average Bonchev–Trinajstić information content (AvgIpc) is 2.62. The summed E-state index contributed by atoms with van der Waals surface area (Å²) in [6.07, 6.45) is 0.827. The van der Waals surface area contributed by atoms with Gasteiger partial charge in [0.05, 0.1) is 11.7 Å². The number of carbonyl (C=O) groups is 2. The fourth-order valence-corrected chi connectivity index (χ4v) is 4.63. The summed E-state index contributed by atoms with van der Waals surface area (Å²) in [5.74, 6) is -0.774. The molecule has 0 aliphatic heterocycles. The van der Waals surface area contributed by atoms with Gasteiger partial charge < -0.3 is 14.3 Å². The summed E-state index contributed by atoms with van der Waals surface area (Å²) in [5, 5.41) is 0.508. The highest BCUT2D eigenvalue weighted by Crippen LogP contribution is 2.41. The van der Waals surface area contributed by atoms with E-state index in [0.29, 0.717) is 22.6 Å². The first kappa shape index (κ1) is 24.9. The molecule has 0 fully saturated rings. The van der Waals surface area contributed by atoms with Crippen molar-refractivity contribution < 1.29 is 31.0 Å². The summed E-state index contributed by atoms with van der Waals surface area (Å²) in [4.78, 5) is 26.3. The molecule has 0 bridgehead atoms. The van der Waals surface area contributed by atoms with E-state index < -0.39 is 36.6 Å². The highest BCUT2D eigenvalue weighted by atomic mass is 32.2. The Morgan fingerprint density at radius 3 is 2.55 bits per heavy atom. The Balaban J connectivity index is 2.60. The van der Waals surface area contributed by atoms with Crippen LogP contribution in [0.4, 0.5) is 9.18 Å². The fraction of sp³-hybridized carbons (Fsp3) is 0.421. The maximum Gasteiger partial charge on any atom is 0.421 e. The number of nitrogens with two attached hydrogens (primary N) is 1. The first-order valence-electron chi connectivity index (χ1n) is 9.36. The molecule has 0 saturated carbocycles. The van der Waals surface area contributed by atoms with E-state index in [1.165, 1.54) is 18.5 Å². The van der Waals surface area contributed by atoms with Crippen molar-refractivity contribution in [3.8, 4) is 0 Å². The van der Waals surface area contributed by atoms with Gasteiger partial charge in [-0.05, 0) is 41.2 Å². The molecule has 0 radical (unpaired) electrons. The van der Waals surface area contributed by atoms with E-state index in [0.717, 1.165) is 6.07 Å². The highest BCUT2D eigenvalue weighted by Gasteiger charge is 2.40. The molecule has 0 spiro atoms. The lowest BCUT2D eigenvalue weighted by molar-refractivity contribution is 0.112. The third-order valence-corrected chi connectivity index (χ3v) is 10.7. The Morgan fingerprint density at radius 1 is 1.35 bits per heavy atom. The van der Waals surface area contributed by atoms with Gasteiger partial charge in [-0.1, -0.05) is 20.8 Å². The summed E-state index contributed by atoms with van der Waals surface area (Å²) >= 11 is 0. The van der Waals surface area contributed by atoms with Crippen molar-refractivity contribution in [1.82, 2.24) is 9.71 Å². The molecule has 0 aliphatic rings. The number of hydrogen-bond donors (Lipinski definition) is 2. The first-order chi connectivity index (χ1) is 14.2. The van der Waals surface area contributed by atoms with Crippen LogP contribution in [-0.4, -0.2) is 40.6 Å². The number of carbonyl (C=O) groups excluding carboxylic acids is 2. The smallest absolute Gasteiger partial charge is 0.409 e. The van der Waals surface area contributed by atoms with Gasteiger partial charge in [-0.3, -0.25) is 9.78 Å². The fourth-order valence-electron chi connectivity index (χ4n) is 2.73. The monoisotopic (exact) mass is 471 g/mol. The Bertz CT molecular complexity index is 1100. The molecular weight excluding hydrogens is 445 g/mol. The Morgan fingerprint density at radius 2 is 2.00 bits per heavy atom. The standard InChI is InChI=1S/C19H26FN3O6SSi/c1-19(2,3)31(4,5)29-17(10-23-30(26,27)28-18(21)25)13-8-16(20)15(11-24)12-6-7-22-9-14(12)13/h6-9,11,17,23H,10H2,1-5H3,(H2,21,25). The zero-order valence-corrected chi connectivity index (χ0v) is 19.7. The maximum absolute atomic E-state index is 14.7. The van der Waals surface area contributed by atoms with Crippen molar-refractivity contribution in [3.05, 3.63) is 41.5 Å². The van der Waals surface area contributed by atoms with Crippen LogP contribution in [0.25, 0.3) is 10.8 Å². The normalized spacial score (nSPS) is 13.7. The van der Waals surface area contributed by atoms with Crippen LogP contribution in [0, 0.1) is 5.82 Å². The third kappa shape index (κ3) is 5.85. The van der Waals surface area contributed by atoms with Gasteiger partial charge >= 0.3 is 16.4 Å². The van der Waals surface area contributed by atoms with Gasteiger partial charge in [0.2, 0.25) is 0 Å². The number of hydrogen-bond acceptors (Lipinski definition) is 7.